The molecule has 0 aromatic heterocycles. The fraction of sp³-hybridized carbons (Fsp3) is 0.353. The van der Waals surface area contributed by atoms with Gasteiger partial charge in [-0.2, -0.15) is 0 Å². The second-order valence-electron chi connectivity index (χ2n) is 12.6. The van der Waals surface area contributed by atoms with Gasteiger partial charge < -0.3 is 10.2 Å². The van der Waals surface area contributed by atoms with Crippen LogP contribution < -0.4 is 0 Å². The Labute approximate surface area is 229 Å². The molecule has 4 aromatic carbocycles. The van der Waals surface area contributed by atoms with Gasteiger partial charge in [-0.3, -0.25) is 0 Å². The Morgan fingerprint density at radius 2 is 1.24 bits per heavy atom. The molecule has 0 atom stereocenters. The number of rotatable bonds is 2. The molecule has 0 saturated carbocycles. The Balaban J connectivity index is 1.94. The first-order valence-electron chi connectivity index (χ1n) is 12.8. The van der Waals surface area contributed by atoms with E-state index in [4.69, 9.17) is 0 Å². The molecule has 2 nitrogen and oxygen atoms in total. The van der Waals surface area contributed by atoms with Crippen molar-refractivity contribution >= 4 is 37.5 Å². The predicted molar refractivity (Wildman–Crippen MR) is 161 cm³/mol. The van der Waals surface area contributed by atoms with Crippen molar-refractivity contribution in [2.24, 2.45) is 0 Å². The number of phenols is 1. The Hall–Kier alpha value is -2.80. The van der Waals surface area contributed by atoms with E-state index >= 15 is 0 Å². The zero-order valence-electron chi connectivity index (χ0n) is 23.2. The van der Waals surface area contributed by atoms with Gasteiger partial charge in [-0.05, 0) is 96.9 Å². The number of benzene rings is 4. The smallest absolute Gasteiger partial charge is 0.123 e. The highest BCUT2D eigenvalue weighted by molar-refractivity contribution is 9.10. The molecule has 0 saturated heterocycles. The maximum atomic E-state index is 11.1. The van der Waals surface area contributed by atoms with Crippen molar-refractivity contribution in [3.8, 4) is 17.6 Å². The molecule has 4 rings (SSSR count). The van der Waals surface area contributed by atoms with Crippen LogP contribution in [-0.2, 0) is 17.3 Å². The van der Waals surface area contributed by atoms with Crippen LogP contribution in [-0.4, -0.2) is 15.8 Å². The third-order valence-electron chi connectivity index (χ3n) is 6.71. The van der Waals surface area contributed by atoms with E-state index in [1.54, 1.807) is 13.8 Å². The molecule has 3 heteroatoms. The lowest BCUT2D eigenvalue weighted by atomic mass is 9.78. The molecule has 0 fully saturated rings. The van der Waals surface area contributed by atoms with Gasteiger partial charge in [0.1, 0.15) is 11.4 Å². The molecule has 0 aliphatic carbocycles. The lowest BCUT2D eigenvalue weighted by Crippen LogP contribution is -2.18. The van der Waals surface area contributed by atoms with Crippen LogP contribution in [0.1, 0.15) is 83.2 Å². The van der Waals surface area contributed by atoms with Crippen LogP contribution in [0.15, 0.2) is 59.1 Å². The minimum Gasteiger partial charge on any atom is -0.507 e. The van der Waals surface area contributed by atoms with Crippen LogP contribution in [0.2, 0.25) is 0 Å². The Bertz CT molecular complexity index is 1530. The second kappa shape index (κ2) is 9.50. The van der Waals surface area contributed by atoms with E-state index in [1.165, 1.54) is 11.1 Å². The van der Waals surface area contributed by atoms with Gasteiger partial charge in [-0.15, -0.1) is 0 Å². The number of hydrogen-bond acceptors (Lipinski definition) is 2. The number of phenolic OH excluding ortho intramolecular Hbond substituents is 1. The SMILES string of the molecule is CC(C)(O)C#Cc1c2ccccc2c(Br)c2ccc(Cc3cc(C(C)(C)C)c(O)c(C(C)(C)C)c3)cc12. The van der Waals surface area contributed by atoms with Crippen LogP contribution in [0.5, 0.6) is 5.75 Å². The first-order valence-corrected chi connectivity index (χ1v) is 13.6. The third kappa shape index (κ3) is 5.71. The molecule has 0 unspecified atom stereocenters. The lowest BCUT2D eigenvalue weighted by Gasteiger charge is -2.28. The standard InChI is InChI=1S/C34H37BrO2/c1-32(2,3)28-19-22(20-29(31(28)36)33(4,5)6)17-21-13-14-26-27(18-21)24(15-16-34(7,8)37)23-11-9-10-12-25(23)30(26)35/h9-14,18-20,36-37H,17H2,1-8H3. The number of halogens is 1. The van der Waals surface area contributed by atoms with E-state index in [2.05, 4.69) is 112 Å². The Kier molecular flexibility index (Phi) is 6.99. The zero-order chi connectivity index (χ0) is 27.3. The van der Waals surface area contributed by atoms with Gasteiger partial charge in [-0.25, -0.2) is 0 Å². The van der Waals surface area contributed by atoms with Gasteiger partial charge in [0.2, 0.25) is 0 Å². The van der Waals surface area contributed by atoms with Crippen molar-refractivity contribution in [3.63, 3.8) is 0 Å². The van der Waals surface area contributed by atoms with Gasteiger partial charge in [0, 0.05) is 10.0 Å². The molecular weight excluding hydrogens is 520 g/mol. The lowest BCUT2D eigenvalue weighted by molar-refractivity contribution is 0.143. The van der Waals surface area contributed by atoms with Crippen molar-refractivity contribution in [1.29, 1.82) is 0 Å². The molecule has 0 spiro atoms. The average molecular weight is 558 g/mol. The fourth-order valence-corrected chi connectivity index (χ4v) is 5.50. The topological polar surface area (TPSA) is 40.5 Å². The summed E-state index contributed by atoms with van der Waals surface area (Å²) in [5.74, 6) is 6.73. The van der Waals surface area contributed by atoms with Crippen molar-refractivity contribution in [3.05, 3.63) is 86.9 Å². The summed E-state index contributed by atoms with van der Waals surface area (Å²) in [6.45, 7) is 16.3. The summed E-state index contributed by atoms with van der Waals surface area (Å²) in [5, 5.41) is 25.8. The molecule has 0 heterocycles. The second-order valence-corrected chi connectivity index (χ2v) is 13.4. The zero-order valence-corrected chi connectivity index (χ0v) is 24.8. The van der Waals surface area contributed by atoms with E-state index < -0.39 is 5.60 Å². The highest BCUT2D eigenvalue weighted by atomic mass is 79.9. The van der Waals surface area contributed by atoms with Crippen molar-refractivity contribution < 1.29 is 10.2 Å². The molecule has 37 heavy (non-hydrogen) atoms. The summed E-state index contributed by atoms with van der Waals surface area (Å²) in [4.78, 5) is 0. The fourth-order valence-electron chi connectivity index (χ4n) is 4.81. The molecule has 0 aliphatic rings. The van der Waals surface area contributed by atoms with Crippen molar-refractivity contribution in [2.45, 2.75) is 78.2 Å². The first kappa shape index (κ1) is 27.2. The van der Waals surface area contributed by atoms with Gasteiger partial charge in [0.05, 0.1) is 0 Å². The summed E-state index contributed by atoms with van der Waals surface area (Å²) in [6.07, 6.45) is 0.741. The van der Waals surface area contributed by atoms with Crippen molar-refractivity contribution in [1.82, 2.24) is 0 Å². The molecule has 0 radical (unpaired) electrons. The largest absolute Gasteiger partial charge is 0.507 e. The van der Waals surface area contributed by atoms with Crippen LogP contribution in [0.4, 0.5) is 0 Å². The van der Waals surface area contributed by atoms with E-state index in [9.17, 15) is 10.2 Å². The third-order valence-corrected chi connectivity index (χ3v) is 7.56. The maximum absolute atomic E-state index is 11.1. The number of aromatic hydroxyl groups is 1. The van der Waals surface area contributed by atoms with Crippen LogP contribution >= 0.6 is 15.9 Å². The quantitative estimate of drug-likeness (QED) is 0.191. The van der Waals surface area contributed by atoms with Gasteiger partial charge in [0.15, 0.2) is 0 Å². The summed E-state index contributed by atoms with van der Waals surface area (Å²) in [5.41, 5.74) is 3.79. The Morgan fingerprint density at radius 3 is 1.78 bits per heavy atom. The average Bonchev–Trinajstić information content (AvgIpc) is 2.78. The molecular formula is C34H37BrO2. The summed E-state index contributed by atoms with van der Waals surface area (Å²) in [7, 11) is 0. The minimum atomic E-state index is -1.09. The van der Waals surface area contributed by atoms with Gasteiger partial charge in [-0.1, -0.05) is 102 Å². The van der Waals surface area contributed by atoms with Crippen LogP contribution in [0.25, 0.3) is 21.5 Å². The number of aliphatic hydroxyl groups is 1. The van der Waals surface area contributed by atoms with Gasteiger partial charge in [0.25, 0.3) is 0 Å². The minimum absolute atomic E-state index is 0.173. The summed E-state index contributed by atoms with van der Waals surface area (Å²) in [6, 6.07) is 19.1. The molecule has 4 aromatic rings. The van der Waals surface area contributed by atoms with Gasteiger partial charge >= 0.3 is 0 Å². The number of hydrogen-bond donors (Lipinski definition) is 2. The number of fused-ring (bicyclic) bond motifs is 2. The highest BCUT2D eigenvalue weighted by Crippen LogP contribution is 2.41. The van der Waals surface area contributed by atoms with Crippen LogP contribution in [0.3, 0.4) is 0 Å². The van der Waals surface area contributed by atoms with E-state index in [0.29, 0.717) is 5.75 Å². The van der Waals surface area contributed by atoms with Crippen LogP contribution in [0, 0.1) is 11.8 Å². The van der Waals surface area contributed by atoms with E-state index in [-0.39, 0.29) is 10.8 Å². The molecule has 0 amide bonds. The maximum Gasteiger partial charge on any atom is 0.123 e. The molecule has 192 valence electrons. The normalized spacial score (nSPS) is 12.6. The molecule has 0 aliphatic heterocycles. The summed E-state index contributed by atoms with van der Waals surface area (Å²) < 4.78 is 1.05. The molecule has 0 bridgehead atoms. The van der Waals surface area contributed by atoms with E-state index in [0.717, 1.165) is 49.1 Å². The predicted octanol–water partition coefficient (Wildman–Crippen LogP) is 8.77. The Morgan fingerprint density at radius 1 is 0.703 bits per heavy atom. The first-order chi connectivity index (χ1) is 17.1. The summed E-state index contributed by atoms with van der Waals surface area (Å²) >= 11 is 3.84. The highest BCUT2D eigenvalue weighted by Gasteiger charge is 2.26. The van der Waals surface area contributed by atoms with E-state index in [1.807, 2.05) is 12.1 Å². The van der Waals surface area contributed by atoms with Crippen molar-refractivity contribution in [2.75, 3.05) is 0 Å². The monoisotopic (exact) mass is 556 g/mol. The molecule has 2 N–H and O–H groups in total.